The second-order valence-electron chi connectivity index (χ2n) is 5.84. The first kappa shape index (κ1) is 18.5. The SMILES string of the molecule is Cc1ccccc1NC(=O)Oc1c(C(F)(F)F)nn(-c2ccccc2)c1C. The molecule has 27 heavy (non-hydrogen) atoms. The fourth-order valence-corrected chi connectivity index (χ4v) is 2.56. The first-order chi connectivity index (χ1) is 12.8. The third-order valence-electron chi connectivity index (χ3n) is 3.91. The number of anilines is 1. The van der Waals surface area contributed by atoms with Crippen LogP contribution in [-0.2, 0) is 6.18 Å². The Bertz CT molecular complexity index is 966. The molecular weight excluding hydrogens is 359 g/mol. The molecule has 3 aromatic rings. The zero-order valence-electron chi connectivity index (χ0n) is 14.5. The van der Waals surface area contributed by atoms with Crippen LogP contribution < -0.4 is 10.1 Å². The van der Waals surface area contributed by atoms with Gasteiger partial charge in [0, 0.05) is 5.69 Å². The number of hydrogen-bond acceptors (Lipinski definition) is 3. The van der Waals surface area contributed by atoms with Crippen molar-refractivity contribution in [1.29, 1.82) is 0 Å². The molecule has 2 aromatic carbocycles. The number of nitrogens with zero attached hydrogens (tertiary/aromatic N) is 2. The molecule has 0 spiro atoms. The summed E-state index contributed by atoms with van der Waals surface area (Å²) in [5.41, 5.74) is 0.429. The standard InChI is InChI=1S/C19H16F3N3O2/c1-12-8-6-7-11-15(12)23-18(26)27-16-13(2)25(14-9-4-3-5-10-14)24-17(16)19(20,21)22/h3-11H,1-2H3,(H,23,26). The van der Waals surface area contributed by atoms with E-state index >= 15 is 0 Å². The van der Waals surface area contributed by atoms with E-state index in [2.05, 4.69) is 10.4 Å². The third kappa shape index (κ3) is 3.94. The molecule has 0 saturated heterocycles. The summed E-state index contributed by atoms with van der Waals surface area (Å²) in [7, 11) is 0. The maximum absolute atomic E-state index is 13.4. The highest BCUT2D eigenvalue weighted by molar-refractivity contribution is 5.87. The van der Waals surface area contributed by atoms with E-state index in [1.54, 1.807) is 61.5 Å². The van der Waals surface area contributed by atoms with Gasteiger partial charge < -0.3 is 4.74 Å². The minimum Gasteiger partial charge on any atom is -0.406 e. The molecule has 5 nitrogen and oxygen atoms in total. The highest BCUT2D eigenvalue weighted by Gasteiger charge is 2.40. The minimum atomic E-state index is -4.77. The lowest BCUT2D eigenvalue weighted by Gasteiger charge is -2.10. The summed E-state index contributed by atoms with van der Waals surface area (Å²) in [6.07, 6.45) is -5.80. The monoisotopic (exact) mass is 375 g/mol. The van der Waals surface area contributed by atoms with Crippen molar-refractivity contribution >= 4 is 11.8 Å². The summed E-state index contributed by atoms with van der Waals surface area (Å²) < 4.78 is 46.3. The first-order valence-electron chi connectivity index (χ1n) is 8.04. The molecule has 0 fully saturated rings. The number of hydrogen-bond donors (Lipinski definition) is 1. The van der Waals surface area contributed by atoms with Crippen LogP contribution in [0.3, 0.4) is 0 Å². The lowest BCUT2D eigenvalue weighted by atomic mass is 10.2. The number of rotatable bonds is 3. The topological polar surface area (TPSA) is 56.1 Å². The van der Waals surface area contributed by atoms with Crippen molar-refractivity contribution in [3.05, 3.63) is 71.5 Å². The fourth-order valence-electron chi connectivity index (χ4n) is 2.56. The lowest BCUT2D eigenvalue weighted by molar-refractivity contribution is -0.142. The van der Waals surface area contributed by atoms with Crippen LogP contribution in [0.25, 0.3) is 5.69 Å². The fraction of sp³-hybridized carbons (Fsp3) is 0.158. The van der Waals surface area contributed by atoms with E-state index in [0.717, 1.165) is 10.2 Å². The summed E-state index contributed by atoms with van der Waals surface area (Å²) in [4.78, 5) is 12.2. The molecule has 3 rings (SSSR count). The van der Waals surface area contributed by atoms with Gasteiger partial charge in [0.1, 0.15) is 0 Å². The minimum absolute atomic E-state index is 0.0634. The largest absolute Gasteiger partial charge is 0.438 e. The van der Waals surface area contributed by atoms with Crippen LogP contribution in [0.2, 0.25) is 0 Å². The first-order valence-corrected chi connectivity index (χ1v) is 8.04. The molecule has 0 atom stereocenters. The highest BCUT2D eigenvalue weighted by atomic mass is 19.4. The summed E-state index contributed by atoms with van der Waals surface area (Å²) in [5, 5.41) is 6.06. The number of aromatic nitrogens is 2. The molecule has 8 heteroatoms. The molecule has 0 saturated carbocycles. The van der Waals surface area contributed by atoms with Gasteiger partial charge in [-0.3, -0.25) is 5.32 Å². The van der Waals surface area contributed by atoms with E-state index in [1.807, 2.05) is 0 Å². The maximum atomic E-state index is 13.4. The molecule has 140 valence electrons. The van der Waals surface area contributed by atoms with Gasteiger partial charge in [-0.2, -0.15) is 18.3 Å². The van der Waals surface area contributed by atoms with E-state index in [9.17, 15) is 18.0 Å². The Labute approximate surface area is 153 Å². The zero-order valence-corrected chi connectivity index (χ0v) is 14.5. The Balaban J connectivity index is 1.95. The predicted molar refractivity (Wildman–Crippen MR) is 94.1 cm³/mol. The number of ether oxygens (including phenoxy) is 1. The van der Waals surface area contributed by atoms with E-state index in [4.69, 9.17) is 4.74 Å². The highest BCUT2D eigenvalue weighted by Crippen LogP contribution is 2.38. The molecule has 0 radical (unpaired) electrons. The van der Waals surface area contributed by atoms with Gasteiger partial charge in [0.15, 0.2) is 5.75 Å². The van der Waals surface area contributed by atoms with Gasteiger partial charge in [-0.1, -0.05) is 36.4 Å². The summed E-state index contributed by atoms with van der Waals surface area (Å²) in [6, 6.07) is 15.2. The van der Waals surface area contributed by atoms with Crippen molar-refractivity contribution in [3.63, 3.8) is 0 Å². The van der Waals surface area contributed by atoms with Crippen LogP contribution in [0, 0.1) is 13.8 Å². The molecule has 0 aliphatic rings. The van der Waals surface area contributed by atoms with Gasteiger partial charge in [-0.15, -0.1) is 0 Å². The lowest BCUT2D eigenvalue weighted by Crippen LogP contribution is -2.19. The van der Waals surface area contributed by atoms with Crippen molar-refractivity contribution in [2.45, 2.75) is 20.0 Å². The molecule has 0 unspecified atom stereocenters. The number of nitrogens with one attached hydrogen (secondary N) is 1. The van der Waals surface area contributed by atoms with Crippen LogP contribution in [0.1, 0.15) is 17.0 Å². The number of amides is 1. The number of aryl methyl sites for hydroxylation is 1. The zero-order chi connectivity index (χ0) is 19.6. The van der Waals surface area contributed by atoms with Crippen molar-refractivity contribution in [3.8, 4) is 11.4 Å². The number of para-hydroxylation sites is 2. The predicted octanol–water partition coefficient (Wildman–Crippen LogP) is 5.12. The number of alkyl halides is 3. The molecule has 1 N–H and O–H groups in total. The Hall–Kier alpha value is -3.29. The van der Waals surface area contributed by atoms with Crippen LogP contribution in [0.15, 0.2) is 54.6 Å². The van der Waals surface area contributed by atoms with Gasteiger partial charge in [-0.25, -0.2) is 9.48 Å². The van der Waals surface area contributed by atoms with Crippen LogP contribution in [0.4, 0.5) is 23.7 Å². The Morgan fingerprint density at radius 1 is 1.04 bits per heavy atom. The molecule has 0 aliphatic carbocycles. The van der Waals surface area contributed by atoms with Crippen LogP contribution in [0.5, 0.6) is 5.75 Å². The number of carbonyl (C=O) groups is 1. The second kappa shape index (κ2) is 7.14. The smallest absolute Gasteiger partial charge is 0.406 e. The van der Waals surface area contributed by atoms with E-state index < -0.39 is 23.7 Å². The second-order valence-corrected chi connectivity index (χ2v) is 5.84. The molecule has 1 amide bonds. The average molecular weight is 375 g/mol. The number of carbonyl (C=O) groups excluding carboxylic acids is 1. The van der Waals surface area contributed by atoms with Crippen molar-refractivity contribution in [2.75, 3.05) is 5.32 Å². The molecular formula is C19H16F3N3O2. The molecule has 0 bridgehead atoms. The Kier molecular flexibility index (Phi) is 4.89. The number of benzene rings is 2. The Morgan fingerprint density at radius 3 is 2.30 bits per heavy atom. The van der Waals surface area contributed by atoms with Crippen molar-refractivity contribution in [1.82, 2.24) is 9.78 Å². The van der Waals surface area contributed by atoms with Gasteiger partial charge in [-0.05, 0) is 37.6 Å². The van der Waals surface area contributed by atoms with Crippen LogP contribution >= 0.6 is 0 Å². The maximum Gasteiger partial charge on any atom is 0.438 e. The van der Waals surface area contributed by atoms with E-state index in [0.29, 0.717) is 11.4 Å². The molecule has 0 aliphatic heterocycles. The van der Waals surface area contributed by atoms with E-state index in [-0.39, 0.29) is 5.69 Å². The summed E-state index contributed by atoms with van der Waals surface area (Å²) in [6.45, 7) is 3.17. The summed E-state index contributed by atoms with van der Waals surface area (Å²) >= 11 is 0. The van der Waals surface area contributed by atoms with Crippen molar-refractivity contribution < 1.29 is 22.7 Å². The van der Waals surface area contributed by atoms with Crippen LogP contribution in [-0.4, -0.2) is 15.9 Å². The Morgan fingerprint density at radius 2 is 1.67 bits per heavy atom. The third-order valence-corrected chi connectivity index (χ3v) is 3.91. The summed E-state index contributed by atoms with van der Waals surface area (Å²) in [5.74, 6) is -0.627. The molecule has 1 heterocycles. The molecule has 1 aromatic heterocycles. The van der Waals surface area contributed by atoms with E-state index in [1.165, 1.54) is 6.92 Å². The van der Waals surface area contributed by atoms with Gasteiger partial charge in [0.25, 0.3) is 0 Å². The normalized spacial score (nSPS) is 11.3. The van der Waals surface area contributed by atoms with Gasteiger partial charge in [0.2, 0.25) is 5.69 Å². The van der Waals surface area contributed by atoms with Crippen molar-refractivity contribution in [2.24, 2.45) is 0 Å². The average Bonchev–Trinajstić information content (AvgIpc) is 2.95. The quantitative estimate of drug-likeness (QED) is 0.691. The number of halogens is 3. The van der Waals surface area contributed by atoms with Gasteiger partial charge >= 0.3 is 12.3 Å². The van der Waals surface area contributed by atoms with Gasteiger partial charge in [0.05, 0.1) is 11.4 Å².